The van der Waals surface area contributed by atoms with E-state index in [4.69, 9.17) is 15.2 Å². The van der Waals surface area contributed by atoms with Crippen molar-refractivity contribution in [3.8, 4) is 27.4 Å². The number of aromatic nitrogens is 2. The quantitative estimate of drug-likeness (QED) is 0.654. The maximum Gasteiger partial charge on any atom is 0.413 e. The summed E-state index contributed by atoms with van der Waals surface area (Å²) in [5.41, 5.74) is 7.92. The summed E-state index contributed by atoms with van der Waals surface area (Å²) in [6.45, 7) is 5.41. The number of nitrogens with zero attached hydrogens (tertiary/aromatic N) is 2. The molecule has 8 heteroatoms. The van der Waals surface area contributed by atoms with Crippen molar-refractivity contribution in [2.75, 3.05) is 18.2 Å². The van der Waals surface area contributed by atoms with Crippen LogP contribution in [0.1, 0.15) is 20.8 Å². The Hall–Kier alpha value is -3.13. The molecule has 1 aromatic carbocycles. The van der Waals surface area contributed by atoms with E-state index >= 15 is 0 Å². The molecule has 0 bridgehead atoms. The number of rotatable bonds is 4. The number of methoxy groups -OCH3 is 1. The number of nitrogen functional groups attached to an aromatic ring is 1. The standard InChI is InChI=1S/C20H22N4O3S/c1-20(2,3)27-19(25)23-15-11-13(9-10-22-15)17-16(24-18(21)28-17)12-5-7-14(26-4)8-6-12/h5-11H,1-4H3,(H2,21,24)(H,22,23,25). The molecule has 2 heterocycles. The van der Waals surface area contributed by atoms with Gasteiger partial charge in [0.25, 0.3) is 0 Å². The number of carbonyl (C=O) groups excluding carboxylic acids is 1. The molecule has 0 spiro atoms. The molecule has 2 aromatic heterocycles. The highest BCUT2D eigenvalue weighted by atomic mass is 32.1. The van der Waals surface area contributed by atoms with Gasteiger partial charge in [0, 0.05) is 11.8 Å². The Morgan fingerprint density at radius 3 is 2.50 bits per heavy atom. The van der Waals surface area contributed by atoms with E-state index in [1.54, 1.807) is 40.1 Å². The van der Waals surface area contributed by atoms with Crippen molar-refractivity contribution in [2.24, 2.45) is 0 Å². The van der Waals surface area contributed by atoms with E-state index in [0.29, 0.717) is 10.9 Å². The highest BCUT2D eigenvalue weighted by Crippen LogP contribution is 2.38. The number of pyridine rings is 1. The Balaban J connectivity index is 1.91. The second-order valence-electron chi connectivity index (χ2n) is 7.01. The predicted molar refractivity (Wildman–Crippen MR) is 112 cm³/mol. The van der Waals surface area contributed by atoms with Crippen molar-refractivity contribution >= 4 is 28.4 Å². The molecule has 1 amide bonds. The first-order chi connectivity index (χ1) is 13.2. The van der Waals surface area contributed by atoms with Crippen LogP contribution in [0.3, 0.4) is 0 Å². The minimum Gasteiger partial charge on any atom is -0.497 e. The Labute approximate surface area is 167 Å². The summed E-state index contributed by atoms with van der Waals surface area (Å²) in [5, 5.41) is 3.11. The summed E-state index contributed by atoms with van der Waals surface area (Å²) in [5.74, 6) is 1.15. The van der Waals surface area contributed by atoms with Crippen molar-refractivity contribution in [3.05, 3.63) is 42.6 Å². The second-order valence-corrected chi connectivity index (χ2v) is 8.05. The Morgan fingerprint density at radius 2 is 1.86 bits per heavy atom. The van der Waals surface area contributed by atoms with E-state index < -0.39 is 11.7 Å². The Kier molecular flexibility index (Phi) is 5.51. The van der Waals surface area contributed by atoms with Gasteiger partial charge >= 0.3 is 6.09 Å². The van der Waals surface area contributed by atoms with Gasteiger partial charge in [-0.05, 0) is 62.7 Å². The van der Waals surface area contributed by atoms with Crippen LogP contribution in [0.25, 0.3) is 21.7 Å². The summed E-state index contributed by atoms with van der Waals surface area (Å²) in [6.07, 6.45) is 1.06. The van der Waals surface area contributed by atoms with Crippen LogP contribution < -0.4 is 15.8 Å². The summed E-state index contributed by atoms with van der Waals surface area (Å²) in [4.78, 5) is 21.6. The van der Waals surface area contributed by atoms with Crippen LogP contribution in [0.4, 0.5) is 15.7 Å². The molecule has 3 rings (SSSR count). The first-order valence-electron chi connectivity index (χ1n) is 8.62. The van der Waals surface area contributed by atoms with Gasteiger partial charge in [-0.25, -0.2) is 14.8 Å². The number of amides is 1. The monoisotopic (exact) mass is 398 g/mol. The molecule has 146 valence electrons. The molecule has 0 atom stereocenters. The first-order valence-corrected chi connectivity index (χ1v) is 9.44. The zero-order valence-corrected chi connectivity index (χ0v) is 17.0. The normalized spacial score (nSPS) is 11.1. The number of thiazole rings is 1. The lowest BCUT2D eigenvalue weighted by Crippen LogP contribution is -2.27. The number of nitrogens with two attached hydrogens (primary N) is 1. The molecule has 0 saturated carbocycles. The number of carbonyl (C=O) groups is 1. The van der Waals surface area contributed by atoms with Gasteiger partial charge in [0.15, 0.2) is 5.13 Å². The summed E-state index contributed by atoms with van der Waals surface area (Å²) in [6, 6.07) is 11.2. The van der Waals surface area contributed by atoms with E-state index in [9.17, 15) is 4.79 Å². The molecular formula is C20H22N4O3S. The smallest absolute Gasteiger partial charge is 0.413 e. The maximum absolute atomic E-state index is 12.0. The zero-order valence-electron chi connectivity index (χ0n) is 16.1. The molecule has 0 unspecified atom stereocenters. The highest BCUT2D eigenvalue weighted by Gasteiger charge is 2.18. The fourth-order valence-electron chi connectivity index (χ4n) is 2.53. The molecule has 7 nitrogen and oxygen atoms in total. The van der Waals surface area contributed by atoms with Gasteiger partial charge in [0.05, 0.1) is 17.7 Å². The van der Waals surface area contributed by atoms with Gasteiger partial charge in [-0.2, -0.15) is 0 Å². The lowest BCUT2D eigenvalue weighted by atomic mass is 10.1. The third-order valence-electron chi connectivity index (χ3n) is 3.66. The zero-order chi connectivity index (χ0) is 20.3. The van der Waals surface area contributed by atoms with Crippen LogP contribution in [-0.2, 0) is 4.74 Å². The van der Waals surface area contributed by atoms with Crippen LogP contribution in [0.2, 0.25) is 0 Å². The average molecular weight is 398 g/mol. The van der Waals surface area contributed by atoms with Crippen molar-refractivity contribution in [1.29, 1.82) is 0 Å². The van der Waals surface area contributed by atoms with Gasteiger partial charge in [-0.3, -0.25) is 5.32 Å². The number of hydrogen-bond donors (Lipinski definition) is 2. The molecule has 3 N–H and O–H groups in total. The number of benzene rings is 1. The maximum atomic E-state index is 12.0. The fourth-order valence-corrected chi connectivity index (χ4v) is 3.38. The first kappa shape index (κ1) is 19.6. The SMILES string of the molecule is COc1ccc(-c2nc(N)sc2-c2ccnc(NC(=O)OC(C)(C)C)c2)cc1. The minimum atomic E-state index is -0.588. The Bertz CT molecular complexity index is 978. The number of ether oxygens (including phenoxy) is 2. The van der Waals surface area contributed by atoms with Gasteiger partial charge in [0.2, 0.25) is 0 Å². The third-order valence-corrected chi connectivity index (χ3v) is 4.59. The molecular weight excluding hydrogens is 376 g/mol. The van der Waals surface area contributed by atoms with Crippen LogP contribution in [0, 0.1) is 0 Å². The van der Waals surface area contributed by atoms with E-state index in [2.05, 4.69) is 15.3 Å². The molecule has 0 aliphatic carbocycles. The molecule has 0 saturated heterocycles. The van der Waals surface area contributed by atoms with E-state index in [1.165, 1.54) is 11.3 Å². The van der Waals surface area contributed by atoms with Gasteiger partial charge in [0.1, 0.15) is 17.2 Å². The van der Waals surface area contributed by atoms with Crippen molar-refractivity contribution < 1.29 is 14.3 Å². The third kappa shape index (κ3) is 4.77. The molecule has 0 aliphatic heterocycles. The average Bonchev–Trinajstić information content (AvgIpc) is 3.02. The number of anilines is 2. The lowest BCUT2D eigenvalue weighted by Gasteiger charge is -2.19. The Morgan fingerprint density at radius 1 is 1.14 bits per heavy atom. The van der Waals surface area contributed by atoms with Crippen LogP contribution >= 0.6 is 11.3 Å². The van der Waals surface area contributed by atoms with E-state index in [-0.39, 0.29) is 0 Å². The molecule has 3 aromatic rings. The van der Waals surface area contributed by atoms with Gasteiger partial charge in [-0.1, -0.05) is 11.3 Å². The van der Waals surface area contributed by atoms with Crippen molar-refractivity contribution in [1.82, 2.24) is 9.97 Å². The largest absolute Gasteiger partial charge is 0.497 e. The lowest BCUT2D eigenvalue weighted by molar-refractivity contribution is 0.0635. The molecule has 28 heavy (non-hydrogen) atoms. The molecule has 0 fully saturated rings. The van der Waals surface area contributed by atoms with Crippen molar-refractivity contribution in [3.63, 3.8) is 0 Å². The molecule has 0 radical (unpaired) electrons. The van der Waals surface area contributed by atoms with Crippen LogP contribution in [0.15, 0.2) is 42.6 Å². The highest BCUT2D eigenvalue weighted by molar-refractivity contribution is 7.19. The summed E-state index contributed by atoms with van der Waals surface area (Å²) >= 11 is 1.37. The summed E-state index contributed by atoms with van der Waals surface area (Å²) in [7, 11) is 1.62. The number of nitrogens with one attached hydrogen (secondary N) is 1. The summed E-state index contributed by atoms with van der Waals surface area (Å²) < 4.78 is 10.5. The predicted octanol–water partition coefficient (Wildman–Crippen LogP) is 4.81. The van der Waals surface area contributed by atoms with Gasteiger partial charge < -0.3 is 15.2 Å². The van der Waals surface area contributed by atoms with E-state index in [0.717, 1.165) is 27.4 Å². The van der Waals surface area contributed by atoms with E-state index in [1.807, 2.05) is 30.3 Å². The second kappa shape index (κ2) is 7.85. The molecule has 0 aliphatic rings. The number of hydrogen-bond acceptors (Lipinski definition) is 7. The fraction of sp³-hybridized carbons (Fsp3) is 0.250. The minimum absolute atomic E-state index is 0.388. The topological polar surface area (TPSA) is 99.4 Å². The van der Waals surface area contributed by atoms with Crippen LogP contribution in [-0.4, -0.2) is 28.8 Å². The van der Waals surface area contributed by atoms with Crippen molar-refractivity contribution in [2.45, 2.75) is 26.4 Å². The van der Waals surface area contributed by atoms with Crippen LogP contribution in [0.5, 0.6) is 5.75 Å². The van der Waals surface area contributed by atoms with Gasteiger partial charge in [-0.15, -0.1) is 0 Å².